The lowest BCUT2D eigenvalue weighted by Crippen LogP contribution is -2.24. The summed E-state index contributed by atoms with van der Waals surface area (Å²) in [6, 6.07) is 8.34. The highest BCUT2D eigenvalue weighted by Crippen LogP contribution is 2.27. The molecule has 3 nitrogen and oxygen atoms in total. The van der Waals surface area contributed by atoms with E-state index >= 15 is 0 Å². The molecule has 0 radical (unpaired) electrons. The van der Waals surface area contributed by atoms with Crippen LogP contribution in [-0.4, -0.2) is 18.3 Å². The molecule has 0 aliphatic carbocycles. The van der Waals surface area contributed by atoms with E-state index < -0.39 is 0 Å². The first-order chi connectivity index (χ1) is 9.54. The predicted octanol–water partition coefficient (Wildman–Crippen LogP) is 3.54. The highest BCUT2D eigenvalue weighted by Gasteiger charge is 2.18. The van der Waals surface area contributed by atoms with Crippen LogP contribution in [0.5, 0.6) is 0 Å². The van der Waals surface area contributed by atoms with Crippen LogP contribution >= 0.6 is 0 Å². The number of anilines is 1. The number of aldehydes is 1. The second-order valence-electron chi connectivity index (χ2n) is 4.84. The highest BCUT2D eigenvalue weighted by atomic mass is 19.1. The fourth-order valence-corrected chi connectivity index (χ4v) is 2.23. The van der Waals surface area contributed by atoms with Gasteiger partial charge >= 0.3 is 0 Å². The molecule has 1 unspecified atom stereocenters. The van der Waals surface area contributed by atoms with Crippen molar-refractivity contribution >= 4 is 12.1 Å². The third kappa shape index (κ3) is 2.69. The molecule has 0 N–H and O–H groups in total. The molecule has 1 aromatic carbocycles. The van der Waals surface area contributed by atoms with Crippen LogP contribution in [0.25, 0.3) is 0 Å². The van der Waals surface area contributed by atoms with Crippen LogP contribution in [0, 0.1) is 12.7 Å². The van der Waals surface area contributed by atoms with Crippen LogP contribution in [0.1, 0.15) is 34.5 Å². The molecule has 1 atom stereocenters. The molecule has 0 saturated heterocycles. The molecular formula is C16H17FN2O. The zero-order chi connectivity index (χ0) is 14.7. The van der Waals surface area contributed by atoms with Gasteiger partial charge in [-0.2, -0.15) is 0 Å². The summed E-state index contributed by atoms with van der Waals surface area (Å²) in [5, 5.41) is 0. The zero-order valence-electron chi connectivity index (χ0n) is 11.8. The molecular weight excluding hydrogens is 255 g/mol. The Balaban J connectivity index is 2.34. The second kappa shape index (κ2) is 5.82. The average Bonchev–Trinajstić information content (AvgIpc) is 2.46. The Bertz CT molecular complexity index is 628. The number of hydrogen-bond acceptors (Lipinski definition) is 3. The molecule has 0 aliphatic rings. The largest absolute Gasteiger partial charge is 0.353 e. The van der Waals surface area contributed by atoms with Crippen molar-refractivity contribution in [2.24, 2.45) is 0 Å². The van der Waals surface area contributed by atoms with Crippen LogP contribution < -0.4 is 4.90 Å². The molecule has 104 valence electrons. The fraction of sp³-hybridized carbons (Fsp3) is 0.250. The molecule has 0 aliphatic heterocycles. The monoisotopic (exact) mass is 272 g/mol. The standard InChI is InChI=1S/C16H17FN2O/c1-11-8-13(10-20)9-18-16(11)19(3)12(2)14-6-4-5-7-15(14)17/h4-10,12H,1-3H3. The zero-order valence-corrected chi connectivity index (χ0v) is 11.8. The van der Waals surface area contributed by atoms with E-state index in [1.807, 2.05) is 31.9 Å². The minimum Gasteiger partial charge on any atom is -0.353 e. The third-order valence-electron chi connectivity index (χ3n) is 3.48. The van der Waals surface area contributed by atoms with Gasteiger partial charge in [-0.05, 0) is 31.5 Å². The Kier molecular flexibility index (Phi) is 4.13. The van der Waals surface area contributed by atoms with E-state index in [-0.39, 0.29) is 11.9 Å². The molecule has 4 heteroatoms. The Hall–Kier alpha value is -2.23. The molecule has 0 bridgehead atoms. The average molecular weight is 272 g/mol. The van der Waals surface area contributed by atoms with Gasteiger partial charge in [-0.1, -0.05) is 18.2 Å². The number of hydrogen-bond donors (Lipinski definition) is 0. The van der Waals surface area contributed by atoms with Crippen molar-refractivity contribution < 1.29 is 9.18 Å². The van der Waals surface area contributed by atoms with Crippen molar-refractivity contribution in [3.63, 3.8) is 0 Å². The van der Waals surface area contributed by atoms with Crippen LogP contribution in [0.3, 0.4) is 0 Å². The van der Waals surface area contributed by atoms with Gasteiger partial charge in [0.1, 0.15) is 11.6 Å². The maximum absolute atomic E-state index is 13.8. The van der Waals surface area contributed by atoms with Crippen LogP contribution in [0.15, 0.2) is 36.5 Å². The number of halogens is 1. The lowest BCUT2D eigenvalue weighted by Gasteiger charge is -2.28. The SMILES string of the molecule is Cc1cc(C=O)cnc1N(C)C(C)c1ccccc1F. The van der Waals surface area contributed by atoms with E-state index in [0.717, 1.165) is 17.7 Å². The number of aryl methyl sites for hydroxylation is 1. The summed E-state index contributed by atoms with van der Waals surface area (Å²) < 4.78 is 13.8. The molecule has 20 heavy (non-hydrogen) atoms. The van der Waals surface area contributed by atoms with Crippen molar-refractivity contribution in [3.05, 3.63) is 59.0 Å². The number of pyridine rings is 1. The fourth-order valence-electron chi connectivity index (χ4n) is 2.23. The molecule has 0 fully saturated rings. The van der Waals surface area contributed by atoms with E-state index in [1.54, 1.807) is 18.2 Å². The maximum Gasteiger partial charge on any atom is 0.151 e. The molecule has 1 heterocycles. The van der Waals surface area contributed by atoms with E-state index in [0.29, 0.717) is 11.1 Å². The van der Waals surface area contributed by atoms with Crippen molar-refractivity contribution in [2.75, 3.05) is 11.9 Å². The maximum atomic E-state index is 13.8. The van der Waals surface area contributed by atoms with E-state index in [1.165, 1.54) is 12.3 Å². The van der Waals surface area contributed by atoms with Crippen molar-refractivity contribution in [3.8, 4) is 0 Å². The summed E-state index contributed by atoms with van der Waals surface area (Å²) in [5.41, 5.74) is 2.05. The first-order valence-corrected chi connectivity index (χ1v) is 6.43. The minimum atomic E-state index is -0.228. The van der Waals surface area contributed by atoms with Gasteiger partial charge in [-0.25, -0.2) is 9.37 Å². The molecule has 1 aromatic heterocycles. The molecule has 0 amide bonds. The van der Waals surface area contributed by atoms with Gasteiger partial charge in [0.25, 0.3) is 0 Å². The molecule has 2 aromatic rings. The Morgan fingerprint density at radius 1 is 1.35 bits per heavy atom. The van der Waals surface area contributed by atoms with Crippen molar-refractivity contribution in [2.45, 2.75) is 19.9 Å². The number of nitrogens with zero attached hydrogens (tertiary/aromatic N) is 2. The summed E-state index contributed by atoms with van der Waals surface area (Å²) in [5.74, 6) is 0.514. The smallest absolute Gasteiger partial charge is 0.151 e. The quantitative estimate of drug-likeness (QED) is 0.798. The molecule has 2 rings (SSSR count). The summed E-state index contributed by atoms with van der Waals surface area (Å²) in [7, 11) is 1.87. The lowest BCUT2D eigenvalue weighted by atomic mass is 10.1. The van der Waals surface area contributed by atoms with Crippen molar-refractivity contribution in [1.29, 1.82) is 0 Å². The van der Waals surface area contributed by atoms with Crippen LogP contribution in [0.4, 0.5) is 10.2 Å². The van der Waals surface area contributed by atoms with Crippen LogP contribution in [-0.2, 0) is 0 Å². The van der Waals surface area contributed by atoms with Crippen LogP contribution in [0.2, 0.25) is 0 Å². The number of rotatable bonds is 4. The van der Waals surface area contributed by atoms with Gasteiger partial charge in [0, 0.05) is 24.4 Å². The first-order valence-electron chi connectivity index (χ1n) is 6.43. The second-order valence-corrected chi connectivity index (χ2v) is 4.84. The minimum absolute atomic E-state index is 0.149. The molecule has 0 spiro atoms. The number of benzene rings is 1. The van der Waals surface area contributed by atoms with Gasteiger partial charge < -0.3 is 4.90 Å². The van der Waals surface area contributed by atoms with E-state index in [9.17, 15) is 9.18 Å². The lowest BCUT2D eigenvalue weighted by molar-refractivity contribution is 0.112. The summed E-state index contributed by atoms with van der Waals surface area (Å²) in [6.07, 6.45) is 2.30. The van der Waals surface area contributed by atoms with E-state index in [4.69, 9.17) is 0 Å². The Morgan fingerprint density at radius 2 is 2.05 bits per heavy atom. The van der Waals surface area contributed by atoms with E-state index in [2.05, 4.69) is 4.98 Å². The predicted molar refractivity (Wildman–Crippen MR) is 77.6 cm³/mol. The highest BCUT2D eigenvalue weighted by molar-refractivity contribution is 5.75. The normalized spacial score (nSPS) is 12.0. The summed E-state index contributed by atoms with van der Waals surface area (Å²) in [4.78, 5) is 16.9. The van der Waals surface area contributed by atoms with Gasteiger partial charge in [-0.3, -0.25) is 4.79 Å². The van der Waals surface area contributed by atoms with Crippen molar-refractivity contribution in [1.82, 2.24) is 4.98 Å². The summed E-state index contributed by atoms with van der Waals surface area (Å²) in [6.45, 7) is 3.81. The first kappa shape index (κ1) is 14.2. The Morgan fingerprint density at radius 3 is 2.65 bits per heavy atom. The topological polar surface area (TPSA) is 33.2 Å². The summed E-state index contributed by atoms with van der Waals surface area (Å²) >= 11 is 0. The van der Waals surface area contributed by atoms with Gasteiger partial charge in [0.05, 0.1) is 6.04 Å². The van der Waals surface area contributed by atoms with Gasteiger partial charge in [0.2, 0.25) is 0 Å². The van der Waals surface area contributed by atoms with Gasteiger partial charge in [-0.15, -0.1) is 0 Å². The number of carbonyl (C=O) groups excluding carboxylic acids is 1. The number of aromatic nitrogens is 1. The van der Waals surface area contributed by atoms with Gasteiger partial charge in [0.15, 0.2) is 6.29 Å². The number of carbonyl (C=O) groups is 1. The third-order valence-corrected chi connectivity index (χ3v) is 3.48. The molecule has 0 saturated carbocycles. The Labute approximate surface area is 118 Å².